The van der Waals surface area contributed by atoms with Crippen LogP contribution in [0.15, 0.2) is 59.7 Å². The molecule has 0 aliphatic heterocycles. The lowest BCUT2D eigenvalue weighted by Crippen LogP contribution is -2.20. The van der Waals surface area contributed by atoms with Gasteiger partial charge in [0.1, 0.15) is 5.75 Å². The van der Waals surface area contributed by atoms with Crippen molar-refractivity contribution in [1.82, 2.24) is 5.43 Å². The van der Waals surface area contributed by atoms with Gasteiger partial charge in [0.2, 0.25) is 0 Å². The highest BCUT2D eigenvalue weighted by molar-refractivity contribution is 5.94. The van der Waals surface area contributed by atoms with E-state index in [1.807, 2.05) is 6.07 Å². The maximum atomic E-state index is 11.7. The fourth-order valence-corrected chi connectivity index (χ4v) is 1.62. The van der Waals surface area contributed by atoms with E-state index < -0.39 is 5.91 Å². The predicted octanol–water partition coefficient (Wildman–Crippen LogP) is 1.31. The Bertz CT molecular complexity index is 667. The average molecular weight is 297 g/mol. The van der Waals surface area contributed by atoms with Crippen LogP contribution in [0.3, 0.4) is 0 Å². The van der Waals surface area contributed by atoms with Crippen LogP contribution in [-0.2, 0) is 4.79 Å². The fourth-order valence-electron chi connectivity index (χ4n) is 1.62. The Hall–Kier alpha value is -3.15. The van der Waals surface area contributed by atoms with E-state index in [2.05, 4.69) is 10.5 Å². The van der Waals surface area contributed by atoms with E-state index in [1.54, 1.807) is 48.5 Å². The van der Waals surface area contributed by atoms with Gasteiger partial charge in [-0.3, -0.25) is 9.59 Å². The molecule has 2 amide bonds. The lowest BCUT2D eigenvalue weighted by Gasteiger charge is -2.03. The molecule has 0 saturated heterocycles. The molecule has 0 spiro atoms. The fraction of sp³-hybridized carbons (Fsp3) is 0.0625. The molecule has 2 aromatic carbocycles. The summed E-state index contributed by atoms with van der Waals surface area (Å²) < 4.78 is 5.13. The highest BCUT2D eigenvalue weighted by atomic mass is 16.5. The molecule has 6 nitrogen and oxygen atoms in total. The number of carbonyl (C=O) groups excluding carboxylic acids is 2. The van der Waals surface area contributed by atoms with Gasteiger partial charge in [-0.05, 0) is 42.0 Å². The largest absolute Gasteiger partial charge is 0.484 e. The van der Waals surface area contributed by atoms with Gasteiger partial charge in [-0.2, -0.15) is 5.10 Å². The summed E-state index contributed by atoms with van der Waals surface area (Å²) in [5.41, 5.74) is 8.74. The van der Waals surface area contributed by atoms with Gasteiger partial charge in [-0.15, -0.1) is 0 Å². The Labute approximate surface area is 127 Å². The lowest BCUT2D eigenvalue weighted by atomic mass is 10.2. The third-order valence-corrected chi connectivity index (χ3v) is 2.68. The highest BCUT2D eigenvalue weighted by Gasteiger charge is 2.01. The van der Waals surface area contributed by atoms with Crippen LogP contribution in [0.4, 0.5) is 0 Å². The molecule has 0 aliphatic rings. The molecule has 22 heavy (non-hydrogen) atoms. The Balaban J connectivity index is 1.88. The Morgan fingerprint density at radius 1 is 1.09 bits per heavy atom. The minimum atomic E-state index is -0.533. The van der Waals surface area contributed by atoms with Gasteiger partial charge < -0.3 is 10.5 Å². The van der Waals surface area contributed by atoms with Crippen molar-refractivity contribution in [2.75, 3.05) is 6.61 Å². The third-order valence-electron chi connectivity index (χ3n) is 2.68. The zero-order valence-electron chi connectivity index (χ0n) is 11.7. The van der Waals surface area contributed by atoms with Crippen LogP contribution in [0, 0.1) is 0 Å². The zero-order chi connectivity index (χ0) is 15.8. The van der Waals surface area contributed by atoms with Crippen LogP contribution in [0.5, 0.6) is 5.75 Å². The normalized spacial score (nSPS) is 10.4. The maximum Gasteiger partial charge on any atom is 0.271 e. The highest BCUT2D eigenvalue weighted by Crippen LogP contribution is 2.10. The van der Waals surface area contributed by atoms with Gasteiger partial charge >= 0.3 is 0 Å². The van der Waals surface area contributed by atoms with E-state index in [1.165, 1.54) is 6.21 Å². The molecule has 0 atom stereocenters. The first-order valence-corrected chi connectivity index (χ1v) is 6.55. The molecule has 2 aromatic rings. The van der Waals surface area contributed by atoms with Crippen LogP contribution in [0.1, 0.15) is 15.9 Å². The molecule has 0 radical (unpaired) electrons. The van der Waals surface area contributed by atoms with Gasteiger partial charge in [0.25, 0.3) is 11.8 Å². The van der Waals surface area contributed by atoms with Crippen LogP contribution >= 0.6 is 0 Å². The molecule has 0 unspecified atom stereocenters. The molecule has 0 fully saturated rings. The smallest absolute Gasteiger partial charge is 0.271 e. The van der Waals surface area contributed by atoms with Gasteiger partial charge in [0.05, 0.1) is 6.21 Å². The molecule has 0 bridgehead atoms. The number of nitrogens with one attached hydrogen (secondary N) is 1. The van der Waals surface area contributed by atoms with Gasteiger partial charge in [-0.1, -0.05) is 18.2 Å². The van der Waals surface area contributed by atoms with Crippen molar-refractivity contribution >= 4 is 18.0 Å². The second kappa shape index (κ2) is 7.58. The molecule has 0 heterocycles. The number of nitrogens with zero attached hydrogens (tertiary/aromatic N) is 1. The van der Waals surface area contributed by atoms with Crippen molar-refractivity contribution in [3.8, 4) is 5.75 Å². The second-order valence-corrected chi connectivity index (χ2v) is 4.39. The molecule has 112 valence electrons. The third kappa shape index (κ3) is 4.75. The Kier molecular flexibility index (Phi) is 5.25. The molecule has 0 aromatic heterocycles. The standard InChI is InChI=1S/C16H15N3O3/c17-15(20)11-22-14-8-6-12(7-9-14)10-18-19-16(21)13-4-2-1-3-5-13/h1-10H,11H2,(H2,17,20)(H,19,21)/b18-10-. The molecule has 0 saturated carbocycles. The van der Waals surface area contributed by atoms with Crippen LogP contribution in [0.2, 0.25) is 0 Å². The number of nitrogens with two attached hydrogens (primary N) is 1. The van der Waals surface area contributed by atoms with Crippen LogP contribution in [0.25, 0.3) is 0 Å². The monoisotopic (exact) mass is 297 g/mol. The number of ether oxygens (including phenoxy) is 1. The topological polar surface area (TPSA) is 93.8 Å². The van der Waals surface area contributed by atoms with Crippen molar-refractivity contribution in [2.24, 2.45) is 10.8 Å². The van der Waals surface area contributed by atoms with E-state index in [9.17, 15) is 9.59 Å². The summed E-state index contributed by atoms with van der Waals surface area (Å²) in [6.45, 7) is -0.166. The summed E-state index contributed by atoms with van der Waals surface area (Å²) in [5, 5.41) is 3.88. The number of hydrogen-bond donors (Lipinski definition) is 2. The quantitative estimate of drug-likeness (QED) is 0.622. The number of hydrazone groups is 1. The van der Waals surface area contributed by atoms with Gasteiger partial charge in [0, 0.05) is 5.56 Å². The number of rotatable bonds is 6. The molecular formula is C16H15N3O3. The number of primary amides is 1. The predicted molar refractivity (Wildman–Crippen MR) is 82.6 cm³/mol. The molecule has 0 aliphatic carbocycles. The van der Waals surface area contributed by atoms with Gasteiger partial charge in [-0.25, -0.2) is 5.43 Å². The van der Waals surface area contributed by atoms with E-state index in [4.69, 9.17) is 10.5 Å². The van der Waals surface area contributed by atoms with Gasteiger partial charge in [0.15, 0.2) is 6.61 Å². The summed E-state index contributed by atoms with van der Waals surface area (Å²) in [4.78, 5) is 22.3. The number of hydrogen-bond acceptors (Lipinski definition) is 4. The zero-order valence-corrected chi connectivity index (χ0v) is 11.7. The first-order valence-electron chi connectivity index (χ1n) is 6.55. The molecular weight excluding hydrogens is 282 g/mol. The van der Waals surface area contributed by atoms with E-state index >= 15 is 0 Å². The first-order chi connectivity index (χ1) is 10.6. The van der Waals surface area contributed by atoms with E-state index in [0.717, 1.165) is 5.56 Å². The number of carbonyl (C=O) groups is 2. The minimum Gasteiger partial charge on any atom is -0.484 e. The van der Waals surface area contributed by atoms with Crippen molar-refractivity contribution in [3.63, 3.8) is 0 Å². The number of benzene rings is 2. The van der Waals surface area contributed by atoms with Crippen molar-refractivity contribution in [3.05, 3.63) is 65.7 Å². The van der Waals surface area contributed by atoms with Crippen molar-refractivity contribution in [2.45, 2.75) is 0 Å². The van der Waals surface area contributed by atoms with Crippen LogP contribution < -0.4 is 15.9 Å². The summed E-state index contributed by atoms with van der Waals surface area (Å²) in [5.74, 6) is -0.281. The minimum absolute atomic E-state index is 0.166. The van der Waals surface area contributed by atoms with Crippen LogP contribution in [-0.4, -0.2) is 24.6 Å². The summed E-state index contributed by atoms with van der Waals surface area (Å²) in [6.07, 6.45) is 1.51. The maximum absolute atomic E-state index is 11.7. The van der Waals surface area contributed by atoms with E-state index in [-0.39, 0.29) is 12.5 Å². The van der Waals surface area contributed by atoms with E-state index in [0.29, 0.717) is 11.3 Å². The Morgan fingerprint density at radius 2 is 1.77 bits per heavy atom. The lowest BCUT2D eigenvalue weighted by molar-refractivity contribution is -0.119. The number of amides is 2. The molecule has 2 rings (SSSR count). The SMILES string of the molecule is NC(=O)COc1ccc(/C=N\NC(=O)c2ccccc2)cc1. The van der Waals surface area contributed by atoms with Crippen molar-refractivity contribution in [1.29, 1.82) is 0 Å². The Morgan fingerprint density at radius 3 is 2.41 bits per heavy atom. The molecule has 3 N–H and O–H groups in total. The second-order valence-electron chi connectivity index (χ2n) is 4.39. The summed E-state index contributed by atoms with van der Waals surface area (Å²) in [7, 11) is 0. The average Bonchev–Trinajstić information content (AvgIpc) is 2.55. The summed E-state index contributed by atoms with van der Waals surface area (Å²) >= 11 is 0. The molecule has 6 heteroatoms. The van der Waals surface area contributed by atoms with Crippen molar-refractivity contribution < 1.29 is 14.3 Å². The first kappa shape index (κ1) is 15.2. The summed E-state index contributed by atoms with van der Waals surface area (Å²) in [6, 6.07) is 15.7.